The van der Waals surface area contributed by atoms with E-state index in [1.807, 2.05) is 31.2 Å². The van der Waals surface area contributed by atoms with Crippen LogP contribution in [0.2, 0.25) is 0 Å². The number of benzene rings is 2. The molecule has 0 aliphatic rings. The number of fused-ring (bicyclic) bond motifs is 2. The van der Waals surface area contributed by atoms with E-state index in [0.29, 0.717) is 21.5 Å². The summed E-state index contributed by atoms with van der Waals surface area (Å²) in [5.74, 6) is 0. The van der Waals surface area contributed by atoms with Gasteiger partial charge in [-0.05, 0) is 42.3 Å². The van der Waals surface area contributed by atoms with Crippen molar-refractivity contribution in [3.63, 3.8) is 0 Å². The van der Waals surface area contributed by atoms with Gasteiger partial charge in [0.1, 0.15) is 16.2 Å². The third-order valence-electron chi connectivity index (χ3n) is 5.22. The van der Waals surface area contributed by atoms with Crippen molar-refractivity contribution in [3.05, 3.63) is 78.2 Å². The van der Waals surface area contributed by atoms with Crippen molar-refractivity contribution in [2.75, 3.05) is 11.6 Å². The molecule has 3 aromatic heterocycles. The molecule has 0 unspecified atom stereocenters. The van der Waals surface area contributed by atoms with E-state index in [1.165, 1.54) is 12.3 Å². The number of nitrogens with zero attached hydrogens (tertiary/aromatic N) is 3. The first-order chi connectivity index (χ1) is 15.3. The molecule has 0 spiro atoms. The summed E-state index contributed by atoms with van der Waals surface area (Å²) in [5.41, 5.74) is 5.62. The van der Waals surface area contributed by atoms with E-state index in [4.69, 9.17) is 4.42 Å². The molecule has 0 saturated heterocycles. The molecule has 0 atom stereocenters. The minimum absolute atomic E-state index is 0. The molecule has 10 heteroatoms. The van der Waals surface area contributed by atoms with Crippen LogP contribution in [-0.4, -0.2) is 24.6 Å². The van der Waals surface area contributed by atoms with Crippen LogP contribution in [0.5, 0.6) is 0 Å². The van der Waals surface area contributed by atoms with Gasteiger partial charge in [0, 0.05) is 41.4 Å². The van der Waals surface area contributed by atoms with Crippen LogP contribution >= 0.6 is 0 Å². The van der Waals surface area contributed by atoms with Crippen LogP contribution in [0.4, 0.5) is 11.4 Å². The third-order valence-corrected chi connectivity index (χ3v) is 6.38. The summed E-state index contributed by atoms with van der Waals surface area (Å²) in [7, 11) is -3.55. The summed E-state index contributed by atoms with van der Waals surface area (Å²) in [6.45, 7) is 1.98. The molecule has 0 aliphatic carbocycles. The number of hydrogen-bond acceptors (Lipinski definition) is 7. The maximum Gasteiger partial charge on any atom is 1.00 e. The fourth-order valence-electron chi connectivity index (χ4n) is 3.73. The van der Waals surface area contributed by atoms with Crippen molar-refractivity contribution >= 4 is 43.2 Å². The van der Waals surface area contributed by atoms with E-state index >= 15 is 0 Å². The molecule has 0 bridgehead atoms. The number of hydrogen-bond donors (Lipinski definition) is 1. The van der Waals surface area contributed by atoms with Gasteiger partial charge in [0.2, 0.25) is 6.20 Å². The second-order valence-corrected chi connectivity index (χ2v) is 9.54. The van der Waals surface area contributed by atoms with Gasteiger partial charge in [0.25, 0.3) is 0 Å². The van der Waals surface area contributed by atoms with E-state index in [2.05, 4.69) is 15.3 Å². The van der Waals surface area contributed by atoms with Crippen molar-refractivity contribution in [3.8, 4) is 11.1 Å². The normalized spacial score (nSPS) is 11.5. The van der Waals surface area contributed by atoms with Crippen LogP contribution in [0, 0.1) is 12.1 Å². The maximum atomic E-state index is 12.2. The second-order valence-electron chi connectivity index (χ2n) is 7.56. The zero-order valence-electron chi connectivity index (χ0n) is 19.2. The van der Waals surface area contributed by atoms with Gasteiger partial charge in [-0.2, -0.15) is 4.73 Å². The van der Waals surface area contributed by atoms with Crippen molar-refractivity contribution in [2.24, 2.45) is 0 Å². The molecule has 162 valence electrons. The van der Waals surface area contributed by atoms with Gasteiger partial charge in [0.15, 0.2) is 16.0 Å². The summed E-state index contributed by atoms with van der Waals surface area (Å²) >= 11 is 0. The molecule has 8 nitrogen and oxygen atoms in total. The number of furan rings is 1. The van der Waals surface area contributed by atoms with Crippen molar-refractivity contribution in [2.45, 2.75) is 11.8 Å². The largest absolute Gasteiger partial charge is 1.00 e. The Morgan fingerprint density at radius 2 is 1.91 bits per heavy atom. The van der Waals surface area contributed by atoms with Gasteiger partial charge in [-0.1, -0.05) is 6.07 Å². The molecule has 5 rings (SSSR count). The van der Waals surface area contributed by atoms with Crippen molar-refractivity contribution in [1.82, 2.24) is 9.97 Å². The number of rotatable bonds is 4. The predicted molar refractivity (Wildman–Crippen MR) is 122 cm³/mol. The predicted octanol–water partition coefficient (Wildman–Crippen LogP) is 1.25. The molecule has 0 aliphatic heterocycles. The Hall–Kier alpha value is -2.98. The quantitative estimate of drug-likeness (QED) is 0.239. The van der Waals surface area contributed by atoms with E-state index in [1.54, 1.807) is 24.7 Å². The first-order valence-corrected chi connectivity index (χ1v) is 11.6. The molecule has 1 N–H and O–H groups in total. The summed E-state index contributed by atoms with van der Waals surface area (Å²) in [5, 5.41) is 15.9. The van der Waals surface area contributed by atoms with Crippen molar-refractivity contribution < 1.29 is 48.5 Å². The molecule has 33 heavy (non-hydrogen) atoms. The van der Waals surface area contributed by atoms with E-state index < -0.39 is 9.84 Å². The Balaban J connectivity index is 0.00000162. The zero-order valence-corrected chi connectivity index (χ0v) is 21.1. The SMILES string of the molecule is Cc1coc2ccc(-c3cc(Nc4c[n+]([O-])ccc4S(C)(=O)=O)cc4nccnc34)cc12.[H-].[Na+]. The third kappa shape index (κ3) is 4.45. The van der Waals surface area contributed by atoms with Gasteiger partial charge in [-0.25, -0.2) is 8.42 Å². The van der Waals surface area contributed by atoms with Crippen LogP contribution in [0.1, 0.15) is 6.99 Å². The Kier molecular flexibility index (Phi) is 6.15. The molecule has 0 fully saturated rings. The first-order valence-electron chi connectivity index (χ1n) is 9.72. The van der Waals surface area contributed by atoms with E-state index in [-0.39, 0.29) is 41.6 Å². The zero-order chi connectivity index (χ0) is 22.5. The standard InChI is InChI=1S/C23H18N4O4S.Na.H/c1-14-13-31-21-4-3-15(9-17(14)21)18-10-16(11-19-23(18)25-7-6-24-19)26-20-12-27(28)8-5-22(20)32(2,29)30;;/h3-13,26H,1-2H3;;/q;+1;-1. The molecule has 5 aromatic rings. The first kappa shape index (κ1) is 23.2. The summed E-state index contributed by atoms with van der Waals surface area (Å²) in [4.78, 5) is 8.95. The topological polar surface area (TPSA) is 112 Å². The molecular weight excluding hydrogens is 451 g/mol. The van der Waals surface area contributed by atoms with Crippen LogP contribution in [0.15, 0.2) is 76.8 Å². The average molecular weight is 470 g/mol. The number of aryl methyl sites for hydroxylation is 1. The van der Waals surface area contributed by atoms with Crippen LogP contribution in [0.3, 0.4) is 0 Å². The molecule has 0 amide bonds. The number of aromatic nitrogens is 3. The molecule has 2 aromatic carbocycles. The smallest absolute Gasteiger partial charge is 1.00 e. The minimum atomic E-state index is -3.55. The van der Waals surface area contributed by atoms with Gasteiger partial charge >= 0.3 is 29.6 Å². The maximum absolute atomic E-state index is 12.2. The van der Waals surface area contributed by atoms with Crippen LogP contribution in [0.25, 0.3) is 33.1 Å². The number of sulfone groups is 1. The summed E-state index contributed by atoms with van der Waals surface area (Å²) in [6.07, 6.45) is 8.38. The van der Waals surface area contributed by atoms with Gasteiger partial charge < -0.3 is 16.4 Å². The number of anilines is 2. The monoisotopic (exact) mass is 470 g/mol. The Labute approximate surface area is 213 Å². The van der Waals surface area contributed by atoms with Gasteiger partial charge in [0.05, 0.1) is 17.3 Å². The fraction of sp³-hybridized carbons (Fsp3) is 0.0870. The molecule has 3 heterocycles. The number of nitrogens with one attached hydrogen (secondary N) is 1. The van der Waals surface area contributed by atoms with E-state index in [0.717, 1.165) is 40.1 Å². The second kappa shape index (κ2) is 8.75. The minimum Gasteiger partial charge on any atom is -1.00 e. The molecule has 0 radical (unpaired) electrons. The van der Waals surface area contributed by atoms with Crippen LogP contribution in [-0.2, 0) is 9.84 Å². The van der Waals surface area contributed by atoms with E-state index in [9.17, 15) is 13.6 Å². The average Bonchev–Trinajstić information content (AvgIpc) is 3.12. The van der Waals surface area contributed by atoms with Crippen molar-refractivity contribution in [1.29, 1.82) is 0 Å². The molecular formula is C23H19N4NaO4S. The van der Waals surface area contributed by atoms with Gasteiger partial charge in [-0.3, -0.25) is 9.97 Å². The number of pyridine rings is 1. The Morgan fingerprint density at radius 1 is 1.12 bits per heavy atom. The Morgan fingerprint density at radius 3 is 2.70 bits per heavy atom. The Bertz CT molecular complexity index is 1620. The van der Waals surface area contributed by atoms with Gasteiger partial charge in [-0.15, -0.1) is 0 Å². The molecule has 0 saturated carbocycles. The fourth-order valence-corrected chi connectivity index (χ4v) is 4.54. The summed E-state index contributed by atoms with van der Waals surface area (Å²) in [6, 6.07) is 10.8. The summed E-state index contributed by atoms with van der Waals surface area (Å²) < 4.78 is 30.5. The van der Waals surface area contributed by atoms with Crippen LogP contribution < -0.4 is 39.6 Å².